The van der Waals surface area contributed by atoms with Crippen molar-refractivity contribution in [1.29, 1.82) is 0 Å². The Morgan fingerprint density at radius 2 is 1.17 bits per heavy atom. The van der Waals surface area contributed by atoms with Crippen molar-refractivity contribution < 1.29 is 41.9 Å². The first-order valence-electron chi connectivity index (χ1n) is 9.73. The van der Waals surface area contributed by atoms with Gasteiger partial charge in [0.05, 0.1) is 0 Å². The van der Waals surface area contributed by atoms with Crippen molar-refractivity contribution in [2.24, 2.45) is 0 Å². The standard InChI is InChI=1S/C18H38O9Si2/c1-8-16(19)25-28(26-17(20)9-2,27-18(21)10-3)13-11-12-15(4)14-29(22-5,23-6)24-7/h11-13,16-21H,8-10,14H2,1-7H3. The molecule has 0 aromatic carbocycles. The van der Waals surface area contributed by atoms with E-state index < -0.39 is 36.5 Å². The summed E-state index contributed by atoms with van der Waals surface area (Å²) in [5, 5.41) is 30.1. The minimum atomic E-state index is -3.76. The minimum absolute atomic E-state index is 0.290. The zero-order valence-electron chi connectivity index (χ0n) is 18.6. The largest absolute Gasteiger partial charge is 0.535 e. The van der Waals surface area contributed by atoms with Gasteiger partial charge in [0.2, 0.25) is 0 Å². The van der Waals surface area contributed by atoms with Crippen LogP contribution in [-0.2, 0) is 26.6 Å². The van der Waals surface area contributed by atoms with Crippen molar-refractivity contribution in [2.75, 3.05) is 21.3 Å². The van der Waals surface area contributed by atoms with E-state index in [4.69, 9.17) is 26.6 Å². The van der Waals surface area contributed by atoms with E-state index in [0.717, 1.165) is 5.57 Å². The van der Waals surface area contributed by atoms with Gasteiger partial charge in [0.1, 0.15) is 18.9 Å². The molecule has 3 unspecified atom stereocenters. The van der Waals surface area contributed by atoms with Crippen LogP contribution in [0.3, 0.4) is 0 Å². The first-order chi connectivity index (χ1) is 13.6. The van der Waals surface area contributed by atoms with E-state index in [0.29, 0.717) is 6.04 Å². The van der Waals surface area contributed by atoms with Gasteiger partial charge in [-0.3, -0.25) is 0 Å². The van der Waals surface area contributed by atoms with E-state index in [9.17, 15) is 15.3 Å². The highest BCUT2D eigenvalue weighted by Gasteiger charge is 2.44. The molecule has 0 rings (SSSR count). The van der Waals surface area contributed by atoms with Crippen LogP contribution in [0.25, 0.3) is 0 Å². The molecule has 172 valence electrons. The van der Waals surface area contributed by atoms with Gasteiger partial charge >= 0.3 is 17.6 Å². The molecule has 0 aliphatic rings. The van der Waals surface area contributed by atoms with Crippen LogP contribution >= 0.6 is 0 Å². The van der Waals surface area contributed by atoms with Crippen molar-refractivity contribution in [2.45, 2.75) is 71.9 Å². The number of allylic oxidation sites excluding steroid dienone is 3. The minimum Gasteiger partial charge on any atom is -0.377 e. The zero-order chi connectivity index (χ0) is 22.5. The van der Waals surface area contributed by atoms with Crippen molar-refractivity contribution in [3.8, 4) is 0 Å². The number of hydrogen-bond donors (Lipinski definition) is 3. The Morgan fingerprint density at radius 3 is 1.48 bits per heavy atom. The first kappa shape index (κ1) is 28.6. The second-order valence-corrected chi connectivity index (χ2v) is 11.6. The van der Waals surface area contributed by atoms with Crippen LogP contribution in [0.1, 0.15) is 47.0 Å². The summed E-state index contributed by atoms with van der Waals surface area (Å²) in [6.07, 6.45) is 0.801. The Morgan fingerprint density at radius 1 is 0.793 bits per heavy atom. The highest BCUT2D eigenvalue weighted by Crippen LogP contribution is 2.22. The van der Waals surface area contributed by atoms with Gasteiger partial charge in [0.25, 0.3) is 0 Å². The second kappa shape index (κ2) is 14.5. The smallest absolute Gasteiger partial charge is 0.377 e. The Balaban J connectivity index is 5.72. The maximum atomic E-state index is 10.0. The first-order valence-corrected chi connectivity index (χ1v) is 13.5. The fourth-order valence-corrected chi connectivity index (χ4v) is 6.32. The molecule has 0 aliphatic carbocycles. The summed E-state index contributed by atoms with van der Waals surface area (Å²) >= 11 is 0. The Labute approximate surface area is 176 Å². The maximum absolute atomic E-state index is 10.0. The third-order valence-corrected chi connectivity index (χ3v) is 9.32. The Bertz CT molecular complexity index is 458. The molecule has 0 aromatic rings. The molecular formula is C18H38O9Si2. The van der Waals surface area contributed by atoms with Gasteiger partial charge in [-0.15, -0.1) is 0 Å². The highest BCUT2D eigenvalue weighted by atomic mass is 28.4. The van der Waals surface area contributed by atoms with Crippen LogP contribution in [0.15, 0.2) is 23.4 Å². The van der Waals surface area contributed by atoms with Crippen molar-refractivity contribution in [3.63, 3.8) is 0 Å². The summed E-state index contributed by atoms with van der Waals surface area (Å²) in [5.41, 5.74) is 2.42. The van der Waals surface area contributed by atoms with E-state index in [1.165, 1.54) is 5.70 Å². The van der Waals surface area contributed by atoms with Gasteiger partial charge in [-0.25, -0.2) is 0 Å². The predicted molar refractivity (Wildman–Crippen MR) is 112 cm³/mol. The molecule has 3 atom stereocenters. The SMILES string of the molecule is CCC(O)O[Si](C=CC=C(C)C[Si](OC)(OC)OC)(OC(O)CC)OC(O)CC. The molecule has 0 amide bonds. The van der Waals surface area contributed by atoms with E-state index in [-0.39, 0.29) is 19.3 Å². The summed E-state index contributed by atoms with van der Waals surface area (Å²) < 4.78 is 33.1. The Kier molecular flexibility index (Phi) is 14.3. The zero-order valence-corrected chi connectivity index (χ0v) is 20.6. The van der Waals surface area contributed by atoms with Gasteiger partial charge in [0.15, 0.2) is 0 Å². The molecule has 0 spiro atoms. The molecule has 0 aromatic heterocycles. The third-order valence-electron chi connectivity index (χ3n) is 4.06. The topological polar surface area (TPSA) is 116 Å². The van der Waals surface area contributed by atoms with Crippen molar-refractivity contribution >= 4 is 17.6 Å². The fourth-order valence-electron chi connectivity index (χ4n) is 2.22. The lowest BCUT2D eigenvalue weighted by molar-refractivity contribution is -0.150. The van der Waals surface area contributed by atoms with Crippen molar-refractivity contribution in [1.82, 2.24) is 0 Å². The average molecular weight is 455 g/mol. The quantitative estimate of drug-likeness (QED) is 0.183. The van der Waals surface area contributed by atoms with Gasteiger partial charge in [-0.1, -0.05) is 38.5 Å². The lowest BCUT2D eigenvalue weighted by Crippen LogP contribution is -2.51. The van der Waals surface area contributed by atoms with Crippen molar-refractivity contribution in [3.05, 3.63) is 23.4 Å². The molecule has 11 heteroatoms. The normalized spacial score (nSPS) is 18.6. The third kappa shape index (κ3) is 10.4. The number of aliphatic hydroxyl groups excluding tert-OH is 3. The van der Waals surface area contributed by atoms with Crippen LogP contribution < -0.4 is 0 Å². The number of hydrogen-bond acceptors (Lipinski definition) is 9. The van der Waals surface area contributed by atoms with E-state index >= 15 is 0 Å². The van der Waals surface area contributed by atoms with E-state index in [2.05, 4.69) is 0 Å². The molecule has 0 heterocycles. The molecule has 0 aliphatic heterocycles. The summed E-state index contributed by atoms with van der Waals surface area (Å²) in [6.45, 7) is 7.08. The van der Waals surface area contributed by atoms with Gasteiger partial charge in [-0.05, 0) is 31.9 Å². The average Bonchev–Trinajstić information content (AvgIpc) is 2.71. The molecule has 0 bridgehead atoms. The highest BCUT2D eigenvalue weighted by molar-refractivity contribution is 6.66. The molecule has 9 nitrogen and oxygen atoms in total. The molecule has 0 saturated carbocycles. The van der Waals surface area contributed by atoms with Gasteiger partial charge < -0.3 is 41.9 Å². The second-order valence-electron chi connectivity index (χ2n) is 6.39. The number of aliphatic hydroxyl groups is 3. The maximum Gasteiger partial charge on any atom is 0.535 e. The number of rotatable bonds is 16. The summed E-state index contributed by atoms with van der Waals surface area (Å²) in [4.78, 5) is 0. The van der Waals surface area contributed by atoms with Crippen LogP contribution in [-0.4, -0.2) is 73.1 Å². The molecule has 0 radical (unpaired) electrons. The van der Waals surface area contributed by atoms with Crippen LogP contribution in [0.5, 0.6) is 0 Å². The van der Waals surface area contributed by atoms with Gasteiger partial charge in [0, 0.05) is 27.4 Å². The van der Waals surface area contributed by atoms with Crippen LogP contribution in [0, 0.1) is 0 Å². The van der Waals surface area contributed by atoms with Gasteiger partial charge in [-0.2, -0.15) is 0 Å². The summed E-state index contributed by atoms with van der Waals surface area (Å²) in [6, 6.07) is 0.463. The fraction of sp³-hybridized carbons (Fsp3) is 0.778. The Hall–Kier alpha value is -0.446. The monoisotopic (exact) mass is 454 g/mol. The predicted octanol–water partition coefficient (Wildman–Crippen LogP) is 2.08. The summed E-state index contributed by atoms with van der Waals surface area (Å²) in [5.74, 6) is 0. The van der Waals surface area contributed by atoms with Crippen LogP contribution in [0.2, 0.25) is 6.04 Å². The molecular weight excluding hydrogens is 416 g/mol. The van der Waals surface area contributed by atoms with E-state index in [1.807, 2.05) is 6.92 Å². The molecule has 29 heavy (non-hydrogen) atoms. The lowest BCUT2D eigenvalue weighted by Gasteiger charge is -2.32. The molecule has 0 fully saturated rings. The van der Waals surface area contributed by atoms with Crippen LogP contribution in [0.4, 0.5) is 0 Å². The lowest BCUT2D eigenvalue weighted by atomic mass is 10.3. The van der Waals surface area contributed by atoms with E-state index in [1.54, 1.807) is 54.3 Å². The summed E-state index contributed by atoms with van der Waals surface area (Å²) in [7, 11) is -1.91. The molecule has 0 saturated heterocycles. The molecule has 3 N–H and O–H groups in total.